The van der Waals surface area contributed by atoms with Gasteiger partial charge in [0.2, 0.25) is 0 Å². The normalized spacial score (nSPS) is 12.8. The summed E-state index contributed by atoms with van der Waals surface area (Å²) in [6.45, 7) is 4.24. The van der Waals surface area contributed by atoms with E-state index in [9.17, 15) is 0 Å². The van der Waals surface area contributed by atoms with E-state index in [2.05, 4.69) is 22.5 Å². The molecule has 0 saturated heterocycles. The van der Waals surface area contributed by atoms with E-state index in [0.717, 1.165) is 41.8 Å². The predicted octanol–water partition coefficient (Wildman–Crippen LogP) is 3.42. The summed E-state index contributed by atoms with van der Waals surface area (Å²) in [5.74, 6) is 3.23. The van der Waals surface area contributed by atoms with Crippen molar-refractivity contribution in [3.8, 4) is 11.5 Å². The van der Waals surface area contributed by atoms with Crippen LogP contribution in [0.3, 0.4) is 0 Å². The summed E-state index contributed by atoms with van der Waals surface area (Å²) in [6, 6.07) is 11.7. The molecule has 0 spiro atoms. The maximum absolute atomic E-state index is 5.58. The van der Waals surface area contributed by atoms with Gasteiger partial charge in [0.05, 0.1) is 0 Å². The summed E-state index contributed by atoms with van der Waals surface area (Å²) in [5.41, 5.74) is 0.930. The summed E-state index contributed by atoms with van der Waals surface area (Å²) in [4.78, 5) is 4.52. The van der Waals surface area contributed by atoms with Crippen LogP contribution in [0.5, 0.6) is 11.5 Å². The van der Waals surface area contributed by atoms with Crippen molar-refractivity contribution < 1.29 is 9.47 Å². The van der Waals surface area contributed by atoms with Gasteiger partial charge in [0.1, 0.15) is 24.8 Å². The molecule has 1 aliphatic rings. The van der Waals surface area contributed by atoms with Crippen molar-refractivity contribution >= 4 is 17.3 Å². The molecule has 0 saturated carbocycles. The van der Waals surface area contributed by atoms with Crippen LogP contribution in [0.2, 0.25) is 0 Å². The number of ether oxygens (including phenoxy) is 2. The molecule has 1 aliphatic heterocycles. The lowest BCUT2D eigenvalue weighted by atomic mass is 10.2. The van der Waals surface area contributed by atoms with Crippen LogP contribution in [0.25, 0.3) is 0 Å². The molecule has 0 aliphatic carbocycles. The van der Waals surface area contributed by atoms with Gasteiger partial charge in [-0.15, -0.1) is 0 Å². The molecule has 110 valence electrons. The molecule has 0 fully saturated rings. The zero-order valence-corrected chi connectivity index (χ0v) is 12.1. The lowest BCUT2D eigenvalue weighted by Gasteiger charge is -2.19. The number of fused-ring (bicyclic) bond motifs is 1. The first-order valence-electron chi connectivity index (χ1n) is 7.23. The number of rotatable bonds is 5. The van der Waals surface area contributed by atoms with Gasteiger partial charge in [-0.3, -0.25) is 0 Å². The fourth-order valence-electron chi connectivity index (χ4n) is 2.12. The molecular formula is C16H19N3O2. The van der Waals surface area contributed by atoms with E-state index in [-0.39, 0.29) is 0 Å². The minimum atomic E-state index is 0.588. The average molecular weight is 285 g/mol. The topological polar surface area (TPSA) is 55.4 Å². The number of pyridine rings is 1. The van der Waals surface area contributed by atoms with E-state index in [1.54, 1.807) is 0 Å². The number of nitrogens with one attached hydrogen (secondary N) is 2. The Balaban J connectivity index is 1.74. The lowest BCUT2D eigenvalue weighted by Crippen LogP contribution is -2.15. The lowest BCUT2D eigenvalue weighted by molar-refractivity contribution is 0.171. The van der Waals surface area contributed by atoms with Crippen molar-refractivity contribution in [1.29, 1.82) is 0 Å². The number of anilines is 3. The van der Waals surface area contributed by atoms with Crippen LogP contribution in [-0.4, -0.2) is 24.7 Å². The zero-order chi connectivity index (χ0) is 14.5. The van der Waals surface area contributed by atoms with Gasteiger partial charge >= 0.3 is 0 Å². The maximum Gasteiger partial charge on any atom is 0.163 e. The van der Waals surface area contributed by atoms with E-state index < -0.39 is 0 Å². The van der Waals surface area contributed by atoms with Gasteiger partial charge in [0, 0.05) is 18.3 Å². The first-order valence-corrected chi connectivity index (χ1v) is 7.23. The monoisotopic (exact) mass is 285 g/mol. The van der Waals surface area contributed by atoms with Crippen molar-refractivity contribution in [2.45, 2.75) is 13.3 Å². The van der Waals surface area contributed by atoms with E-state index in [4.69, 9.17) is 9.47 Å². The van der Waals surface area contributed by atoms with Crippen LogP contribution in [0, 0.1) is 0 Å². The molecule has 3 rings (SSSR count). The first kappa shape index (κ1) is 13.5. The molecule has 21 heavy (non-hydrogen) atoms. The van der Waals surface area contributed by atoms with Gasteiger partial charge < -0.3 is 20.1 Å². The van der Waals surface area contributed by atoms with Crippen LogP contribution in [-0.2, 0) is 0 Å². The maximum atomic E-state index is 5.58. The minimum absolute atomic E-state index is 0.588. The SMILES string of the molecule is CCCNc1cccc(Nc2ccc3c(c2)OCCO3)n1. The van der Waals surface area contributed by atoms with Gasteiger partial charge in [-0.1, -0.05) is 13.0 Å². The number of hydrogen-bond acceptors (Lipinski definition) is 5. The third-order valence-corrected chi connectivity index (χ3v) is 3.12. The minimum Gasteiger partial charge on any atom is -0.486 e. The molecule has 2 heterocycles. The van der Waals surface area contributed by atoms with Crippen molar-refractivity contribution in [3.63, 3.8) is 0 Å². The van der Waals surface area contributed by atoms with Gasteiger partial charge in [0.15, 0.2) is 11.5 Å². The quantitative estimate of drug-likeness (QED) is 0.881. The molecule has 0 bridgehead atoms. The van der Waals surface area contributed by atoms with Crippen molar-refractivity contribution in [1.82, 2.24) is 4.98 Å². The molecule has 0 atom stereocenters. The second-order valence-electron chi connectivity index (χ2n) is 4.82. The van der Waals surface area contributed by atoms with Crippen molar-refractivity contribution in [2.24, 2.45) is 0 Å². The fourth-order valence-corrected chi connectivity index (χ4v) is 2.12. The molecule has 5 heteroatoms. The Labute approximate surface area is 124 Å². The third kappa shape index (κ3) is 3.37. The first-order chi connectivity index (χ1) is 10.3. The summed E-state index contributed by atoms with van der Waals surface area (Å²) in [5, 5.41) is 6.56. The molecule has 0 amide bonds. The molecule has 0 radical (unpaired) electrons. The molecular weight excluding hydrogens is 266 g/mol. The predicted molar refractivity (Wildman–Crippen MR) is 83.7 cm³/mol. The zero-order valence-electron chi connectivity index (χ0n) is 12.1. The fraction of sp³-hybridized carbons (Fsp3) is 0.312. The van der Waals surface area contributed by atoms with Crippen LogP contribution in [0.4, 0.5) is 17.3 Å². The molecule has 0 unspecified atom stereocenters. The van der Waals surface area contributed by atoms with Crippen LogP contribution in [0.1, 0.15) is 13.3 Å². The van der Waals surface area contributed by atoms with Gasteiger partial charge in [0.25, 0.3) is 0 Å². The van der Waals surface area contributed by atoms with Crippen LogP contribution >= 0.6 is 0 Å². The third-order valence-electron chi connectivity index (χ3n) is 3.12. The smallest absolute Gasteiger partial charge is 0.163 e. The summed E-state index contributed by atoms with van der Waals surface area (Å²) >= 11 is 0. The van der Waals surface area contributed by atoms with E-state index in [0.29, 0.717) is 13.2 Å². The number of benzene rings is 1. The molecule has 2 aromatic rings. The van der Waals surface area contributed by atoms with Crippen LogP contribution < -0.4 is 20.1 Å². The van der Waals surface area contributed by atoms with Gasteiger partial charge in [-0.05, 0) is 30.7 Å². The van der Waals surface area contributed by atoms with E-state index in [1.165, 1.54) is 0 Å². The number of nitrogens with zero attached hydrogens (tertiary/aromatic N) is 1. The largest absolute Gasteiger partial charge is 0.486 e. The highest BCUT2D eigenvalue weighted by atomic mass is 16.6. The van der Waals surface area contributed by atoms with Gasteiger partial charge in [-0.25, -0.2) is 4.98 Å². The Morgan fingerprint density at radius 1 is 1.05 bits per heavy atom. The molecule has 1 aromatic heterocycles. The standard InChI is InChI=1S/C16H19N3O2/c1-2-8-17-15-4-3-5-16(19-15)18-12-6-7-13-14(11-12)21-10-9-20-13/h3-7,11H,2,8-10H2,1H3,(H2,17,18,19). The Kier molecular flexibility index (Phi) is 4.09. The Morgan fingerprint density at radius 2 is 1.86 bits per heavy atom. The molecule has 1 aromatic carbocycles. The average Bonchev–Trinajstić information content (AvgIpc) is 2.53. The Morgan fingerprint density at radius 3 is 2.71 bits per heavy atom. The number of hydrogen-bond donors (Lipinski definition) is 2. The highest BCUT2D eigenvalue weighted by Gasteiger charge is 2.11. The summed E-state index contributed by atoms with van der Waals surface area (Å²) in [6.07, 6.45) is 1.07. The summed E-state index contributed by atoms with van der Waals surface area (Å²) in [7, 11) is 0. The number of aromatic nitrogens is 1. The second-order valence-corrected chi connectivity index (χ2v) is 4.82. The second kappa shape index (κ2) is 6.35. The highest BCUT2D eigenvalue weighted by Crippen LogP contribution is 2.33. The summed E-state index contributed by atoms with van der Waals surface area (Å²) < 4.78 is 11.1. The molecule has 5 nitrogen and oxygen atoms in total. The van der Waals surface area contributed by atoms with Crippen molar-refractivity contribution in [3.05, 3.63) is 36.4 Å². The molecule has 2 N–H and O–H groups in total. The van der Waals surface area contributed by atoms with Gasteiger partial charge in [-0.2, -0.15) is 0 Å². The Hall–Kier alpha value is -2.43. The van der Waals surface area contributed by atoms with E-state index in [1.807, 2.05) is 36.4 Å². The van der Waals surface area contributed by atoms with Crippen molar-refractivity contribution in [2.75, 3.05) is 30.4 Å². The highest BCUT2D eigenvalue weighted by molar-refractivity contribution is 5.62. The van der Waals surface area contributed by atoms with Crippen LogP contribution in [0.15, 0.2) is 36.4 Å². The Bertz CT molecular complexity index is 616. The van der Waals surface area contributed by atoms with E-state index >= 15 is 0 Å².